The first-order chi connectivity index (χ1) is 7.79. The van der Waals surface area contributed by atoms with Crippen LogP contribution in [0.1, 0.15) is 37.3 Å². The number of fused-ring (bicyclic) bond motifs is 1. The van der Waals surface area contributed by atoms with Crippen LogP contribution < -0.4 is 5.32 Å². The van der Waals surface area contributed by atoms with Crippen molar-refractivity contribution >= 4 is 11.6 Å². The topological polar surface area (TPSA) is 29.1 Å². The van der Waals surface area contributed by atoms with Crippen molar-refractivity contribution in [1.29, 1.82) is 0 Å². The van der Waals surface area contributed by atoms with E-state index in [-0.39, 0.29) is 5.91 Å². The molecule has 1 aromatic rings. The van der Waals surface area contributed by atoms with Gasteiger partial charge >= 0.3 is 0 Å². The predicted molar refractivity (Wildman–Crippen MR) is 66.3 cm³/mol. The Morgan fingerprint density at radius 3 is 3.06 bits per heavy atom. The summed E-state index contributed by atoms with van der Waals surface area (Å²) in [6.45, 7) is 2.16. The van der Waals surface area contributed by atoms with Crippen LogP contribution in [0.3, 0.4) is 0 Å². The molecule has 0 saturated heterocycles. The van der Waals surface area contributed by atoms with Crippen molar-refractivity contribution in [2.75, 3.05) is 5.32 Å². The Morgan fingerprint density at radius 2 is 2.25 bits per heavy atom. The van der Waals surface area contributed by atoms with Crippen molar-refractivity contribution in [2.24, 2.45) is 0 Å². The van der Waals surface area contributed by atoms with Gasteiger partial charge in [-0.3, -0.25) is 4.79 Å². The second-order valence-corrected chi connectivity index (χ2v) is 4.29. The molecule has 0 saturated carbocycles. The van der Waals surface area contributed by atoms with Gasteiger partial charge in [-0.25, -0.2) is 0 Å². The van der Waals surface area contributed by atoms with E-state index in [4.69, 9.17) is 0 Å². The molecule has 0 bridgehead atoms. The molecule has 1 aliphatic rings. The highest BCUT2D eigenvalue weighted by Gasteiger charge is 2.12. The van der Waals surface area contributed by atoms with Crippen LogP contribution in [0.2, 0.25) is 0 Å². The van der Waals surface area contributed by atoms with E-state index in [9.17, 15) is 4.79 Å². The second-order valence-electron chi connectivity index (χ2n) is 4.29. The second kappa shape index (κ2) is 5.15. The van der Waals surface area contributed by atoms with Crippen molar-refractivity contribution in [2.45, 2.75) is 39.0 Å². The molecule has 85 valence electrons. The van der Waals surface area contributed by atoms with Gasteiger partial charge in [-0.1, -0.05) is 25.5 Å². The molecule has 2 heteroatoms. The molecule has 1 aromatic carbocycles. The maximum absolute atomic E-state index is 11.4. The first kappa shape index (κ1) is 11.2. The lowest BCUT2D eigenvalue weighted by Gasteiger charge is -2.08. The molecule has 0 aliphatic carbocycles. The number of carbonyl (C=O) groups is 1. The number of unbranched alkanes of at least 4 members (excludes halogenated alkanes) is 1. The zero-order valence-corrected chi connectivity index (χ0v) is 9.75. The molecule has 0 atom stereocenters. The van der Waals surface area contributed by atoms with Gasteiger partial charge in [0.1, 0.15) is 0 Å². The SMILES string of the molecule is CC[CH]Cc1ccc2c(c1)CCCC(=O)N2. The van der Waals surface area contributed by atoms with Gasteiger partial charge in [0.15, 0.2) is 0 Å². The average molecular weight is 216 g/mol. The third-order valence-electron chi connectivity index (χ3n) is 2.96. The summed E-state index contributed by atoms with van der Waals surface area (Å²) in [5, 5.41) is 2.96. The highest BCUT2D eigenvalue weighted by molar-refractivity contribution is 5.92. The third kappa shape index (κ3) is 2.63. The number of rotatable bonds is 3. The summed E-state index contributed by atoms with van der Waals surface area (Å²) in [7, 11) is 0. The van der Waals surface area contributed by atoms with E-state index in [1.807, 2.05) is 6.07 Å². The van der Waals surface area contributed by atoms with Gasteiger partial charge in [-0.05, 0) is 42.9 Å². The van der Waals surface area contributed by atoms with Crippen molar-refractivity contribution in [3.05, 3.63) is 35.7 Å². The number of hydrogen-bond acceptors (Lipinski definition) is 1. The number of aryl methyl sites for hydroxylation is 1. The van der Waals surface area contributed by atoms with Gasteiger partial charge in [0.25, 0.3) is 0 Å². The molecule has 1 N–H and O–H groups in total. The monoisotopic (exact) mass is 216 g/mol. The molecule has 2 rings (SSSR count). The number of nitrogens with one attached hydrogen (secondary N) is 1. The van der Waals surface area contributed by atoms with Gasteiger partial charge in [0.05, 0.1) is 0 Å². The normalized spacial score (nSPS) is 15.2. The summed E-state index contributed by atoms with van der Waals surface area (Å²) in [6, 6.07) is 6.38. The predicted octanol–water partition coefficient (Wildman–Crippen LogP) is 3.12. The van der Waals surface area contributed by atoms with Gasteiger partial charge in [0, 0.05) is 12.1 Å². The van der Waals surface area contributed by atoms with Crippen LogP contribution in [0, 0.1) is 6.42 Å². The van der Waals surface area contributed by atoms with Crippen LogP contribution in [0.15, 0.2) is 18.2 Å². The summed E-state index contributed by atoms with van der Waals surface area (Å²) in [5.41, 5.74) is 3.63. The first-order valence-electron chi connectivity index (χ1n) is 6.03. The fraction of sp³-hybridized carbons (Fsp3) is 0.429. The van der Waals surface area contributed by atoms with Gasteiger partial charge < -0.3 is 5.32 Å². The minimum Gasteiger partial charge on any atom is -0.326 e. The quantitative estimate of drug-likeness (QED) is 0.826. The molecule has 0 unspecified atom stereocenters. The minimum absolute atomic E-state index is 0.145. The lowest BCUT2D eigenvalue weighted by molar-refractivity contribution is -0.116. The molecule has 1 amide bonds. The molecule has 0 fully saturated rings. The third-order valence-corrected chi connectivity index (χ3v) is 2.96. The van der Waals surface area contributed by atoms with E-state index >= 15 is 0 Å². The number of anilines is 1. The van der Waals surface area contributed by atoms with Gasteiger partial charge in [-0.15, -0.1) is 0 Å². The largest absolute Gasteiger partial charge is 0.326 e. The number of carbonyl (C=O) groups excluding carboxylic acids is 1. The van der Waals surface area contributed by atoms with Gasteiger partial charge in [-0.2, -0.15) is 0 Å². The van der Waals surface area contributed by atoms with Crippen molar-refractivity contribution in [3.8, 4) is 0 Å². The van der Waals surface area contributed by atoms with Crippen LogP contribution in [-0.4, -0.2) is 5.91 Å². The smallest absolute Gasteiger partial charge is 0.224 e. The molecule has 0 aromatic heterocycles. The van der Waals surface area contributed by atoms with E-state index in [0.717, 1.165) is 31.4 Å². The Kier molecular flexibility index (Phi) is 3.60. The minimum atomic E-state index is 0.145. The summed E-state index contributed by atoms with van der Waals surface area (Å²) in [4.78, 5) is 11.4. The van der Waals surface area contributed by atoms with Crippen LogP contribution in [0.4, 0.5) is 5.69 Å². The number of amides is 1. The summed E-state index contributed by atoms with van der Waals surface area (Å²) in [6.07, 6.45) is 7.02. The standard InChI is InChI=1S/C14H18NO/c1-2-3-5-11-8-9-13-12(10-11)6-4-7-14(16)15-13/h3,8-10H,2,4-7H2,1H3,(H,15,16). The highest BCUT2D eigenvalue weighted by atomic mass is 16.1. The van der Waals surface area contributed by atoms with Crippen LogP contribution in [0.5, 0.6) is 0 Å². The van der Waals surface area contributed by atoms with E-state index in [0.29, 0.717) is 6.42 Å². The molecule has 2 nitrogen and oxygen atoms in total. The Hall–Kier alpha value is -1.31. The van der Waals surface area contributed by atoms with Crippen molar-refractivity contribution in [3.63, 3.8) is 0 Å². The fourth-order valence-electron chi connectivity index (χ4n) is 2.07. The van der Waals surface area contributed by atoms with E-state index in [1.165, 1.54) is 11.1 Å². The lowest BCUT2D eigenvalue weighted by Crippen LogP contribution is -2.09. The summed E-state index contributed by atoms with van der Waals surface area (Å²) >= 11 is 0. The molecule has 16 heavy (non-hydrogen) atoms. The number of benzene rings is 1. The molecule has 0 spiro atoms. The van der Waals surface area contributed by atoms with Gasteiger partial charge in [0.2, 0.25) is 5.91 Å². The van der Waals surface area contributed by atoms with Crippen molar-refractivity contribution < 1.29 is 4.79 Å². The zero-order valence-electron chi connectivity index (χ0n) is 9.75. The van der Waals surface area contributed by atoms with E-state index < -0.39 is 0 Å². The van der Waals surface area contributed by atoms with Crippen LogP contribution >= 0.6 is 0 Å². The zero-order chi connectivity index (χ0) is 11.4. The van der Waals surface area contributed by atoms with Crippen molar-refractivity contribution in [1.82, 2.24) is 0 Å². The fourth-order valence-corrected chi connectivity index (χ4v) is 2.07. The summed E-state index contributed by atoms with van der Waals surface area (Å²) in [5.74, 6) is 0.145. The van der Waals surface area contributed by atoms with Crippen LogP contribution in [0.25, 0.3) is 0 Å². The van der Waals surface area contributed by atoms with Crippen LogP contribution in [-0.2, 0) is 17.6 Å². The van der Waals surface area contributed by atoms with E-state index in [2.05, 4.69) is 30.8 Å². The Bertz CT molecular complexity index is 384. The summed E-state index contributed by atoms with van der Waals surface area (Å²) < 4.78 is 0. The molecular formula is C14H18NO. The Balaban J connectivity index is 2.17. The van der Waals surface area contributed by atoms with E-state index in [1.54, 1.807) is 0 Å². The highest BCUT2D eigenvalue weighted by Crippen LogP contribution is 2.23. The maximum atomic E-state index is 11.4. The molecular weight excluding hydrogens is 198 g/mol. The molecule has 1 aliphatic heterocycles. The molecule has 1 heterocycles. The Labute approximate surface area is 97.1 Å². The first-order valence-corrected chi connectivity index (χ1v) is 6.03. The Morgan fingerprint density at radius 1 is 1.38 bits per heavy atom. The molecule has 1 radical (unpaired) electrons. The maximum Gasteiger partial charge on any atom is 0.224 e. The average Bonchev–Trinajstić information content (AvgIpc) is 2.46. The number of hydrogen-bond donors (Lipinski definition) is 1. The lowest BCUT2D eigenvalue weighted by atomic mass is 10.0.